The number of phenolic OH excluding ortho intramolecular Hbond substituents is 2. The van der Waals surface area contributed by atoms with Gasteiger partial charge in [-0.05, 0) is 38.5 Å². The van der Waals surface area contributed by atoms with Crippen molar-refractivity contribution in [2.24, 2.45) is 0 Å². The first kappa shape index (κ1) is 19.7. The van der Waals surface area contributed by atoms with Gasteiger partial charge in [0.1, 0.15) is 6.04 Å². The molecule has 1 rings (SSSR count). The van der Waals surface area contributed by atoms with E-state index in [2.05, 4.69) is 5.32 Å². The third-order valence-corrected chi connectivity index (χ3v) is 2.66. The molecule has 7 nitrogen and oxygen atoms in total. The summed E-state index contributed by atoms with van der Waals surface area (Å²) < 4.78 is 4.94. The lowest BCUT2D eigenvalue weighted by Crippen LogP contribution is -2.37. The molecule has 7 heteroatoms. The number of methoxy groups -OCH3 is 1. The number of benzene rings is 1. The second-order valence-electron chi connectivity index (χ2n) is 5.52. The van der Waals surface area contributed by atoms with Gasteiger partial charge < -0.3 is 25.4 Å². The van der Waals surface area contributed by atoms with E-state index in [0.29, 0.717) is 12.0 Å². The van der Waals surface area contributed by atoms with Crippen LogP contribution in [0.1, 0.15) is 26.3 Å². The second kappa shape index (κ2) is 8.89. The maximum Gasteiger partial charge on any atom is 0.326 e. The van der Waals surface area contributed by atoms with Gasteiger partial charge in [-0.2, -0.15) is 0 Å². The Hall–Kier alpha value is -2.28. The van der Waals surface area contributed by atoms with Crippen molar-refractivity contribution in [3.8, 4) is 11.5 Å². The van der Waals surface area contributed by atoms with E-state index in [-0.39, 0.29) is 23.5 Å². The fourth-order valence-electron chi connectivity index (χ4n) is 1.23. The number of amides is 1. The number of aromatic hydroxyl groups is 2. The molecule has 1 atom stereocenters. The highest BCUT2D eigenvalue weighted by molar-refractivity contribution is 5.76. The summed E-state index contributed by atoms with van der Waals surface area (Å²) in [7, 11) is 1.71. The number of nitrogens with one attached hydrogen (secondary N) is 1. The van der Waals surface area contributed by atoms with Crippen molar-refractivity contribution in [1.29, 1.82) is 0 Å². The van der Waals surface area contributed by atoms with E-state index >= 15 is 0 Å². The lowest BCUT2D eigenvalue weighted by molar-refractivity contribution is -0.140. The molecule has 0 saturated heterocycles. The Morgan fingerprint density at radius 1 is 1.32 bits per heavy atom. The van der Waals surface area contributed by atoms with Crippen LogP contribution in [0.2, 0.25) is 0 Å². The molecule has 22 heavy (non-hydrogen) atoms. The fourth-order valence-corrected chi connectivity index (χ4v) is 1.23. The number of rotatable bonds is 5. The number of carboxylic acids is 1. The summed E-state index contributed by atoms with van der Waals surface area (Å²) in [5.41, 5.74) is 0.539. The monoisotopic (exact) mass is 313 g/mol. The molecule has 0 spiro atoms. The number of carbonyl (C=O) groups is 2. The molecule has 4 N–H and O–H groups in total. The van der Waals surface area contributed by atoms with Crippen LogP contribution in [0.5, 0.6) is 11.5 Å². The predicted molar refractivity (Wildman–Crippen MR) is 80.9 cm³/mol. The summed E-state index contributed by atoms with van der Waals surface area (Å²) >= 11 is 0. The quantitative estimate of drug-likeness (QED) is 0.480. The molecule has 0 fully saturated rings. The molecular formula is C15H23NO6. The number of ether oxygens (including phenoxy) is 1. The maximum atomic E-state index is 10.7. The van der Waals surface area contributed by atoms with Gasteiger partial charge in [0.2, 0.25) is 6.41 Å². The molecule has 1 aromatic carbocycles. The van der Waals surface area contributed by atoms with Crippen molar-refractivity contribution in [3.05, 3.63) is 23.8 Å². The van der Waals surface area contributed by atoms with Crippen LogP contribution in [0.4, 0.5) is 0 Å². The standard InChI is InChI=1S/C10H11NO5.C5H12O/c12-5-11-7(10(15)16)3-6-1-2-8(13)9(14)4-6;1-5(2,3)6-4/h1-2,4-5,7,13-14H,3H2,(H,11,12)(H,15,16);1-4H3. The largest absolute Gasteiger partial charge is 0.504 e. The molecule has 0 aliphatic rings. The average molecular weight is 313 g/mol. The molecule has 0 heterocycles. The number of carboxylic acid groups (broad SMARTS) is 1. The van der Waals surface area contributed by atoms with E-state index in [4.69, 9.17) is 14.9 Å². The Balaban J connectivity index is 0.000000626. The zero-order valence-corrected chi connectivity index (χ0v) is 13.2. The molecule has 0 saturated carbocycles. The molecule has 0 aliphatic carbocycles. The Morgan fingerprint density at radius 3 is 2.23 bits per heavy atom. The van der Waals surface area contributed by atoms with Crippen molar-refractivity contribution >= 4 is 12.4 Å². The molecule has 0 aliphatic heterocycles. The Kier molecular flexibility index (Phi) is 7.96. The molecule has 0 radical (unpaired) electrons. The fraction of sp³-hybridized carbons (Fsp3) is 0.467. The van der Waals surface area contributed by atoms with E-state index in [0.717, 1.165) is 0 Å². The molecule has 0 bridgehead atoms. The van der Waals surface area contributed by atoms with Crippen molar-refractivity contribution in [2.75, 3.05) is 7.11 Å². The van der Waals surface area contributed by atoms with E-state index in [9.17, 15) is 14.7 Å². The van der Waals surface area contributed by atoms with Crippen LogP contribution in [-0.4, -0.2) is 46.5 Å². The summed E-state index contributed by atoms with van der Waals surface area (Å²) in [6.45, 7) is 6.06. The van der Waals surface area contributed by atoms with Gasteiger partial charge in [0.05, 0.1) is 5.60 Å². The molecule has 124 valence electrons. The average Bonchev–Trinajstić information content (AvgIpc) is 2.42. The predicted octanol–water partition coefficient (Wildman–Crippen LogP) is 1.27. The van der Waals surface area contributed by atoms with Gasteiger partial charge in [-0.15, -0.1) is 0 Å². The Morgan fingerprint density at radius 2 is 1.86 bits per heavy atom. The van der Waals surface area contributed by atoms with Crippen molar-refractivity contribution in [3.63, 3.8) is 0 Å². The third-order valence-electron chi connectivity index (χ3n) is 2.66. The van der Waals surface area contributed by atoms with Gasteiger partial charge in [0, 0.05) is 13.5 Å². The highest BCUT2D eigenvalue weighted by atomic mass is 16.5. The SMILES string of the molecule is COC(C)(C)C.O=CNC(Cc1ccc(O)c(O)c1)C(=O)O. The minimum Gasteiger partial charge on any atom is -0.504 e. The Bertz CT molecular complexity index is 495. The highest BCUT2D eigenvalue weighted by Gasteiger charge is 2.17. The van der Waals surface area contributed by atoms with E-state index in [1.807, 2.05) is 20.8 Å². The van der Waals surface area contributed by atoms with Crippen LogP contribution < -0.4 is 5.32 Å². The van der Waals surface area contributed by atoms with E-state index in [1.54, 1.807) is 7.11 Å². The first-order chi connectivity index (χ1) is 10.1. The summed E-state index contributed by atoms with van der Waals surface area (Å²) in [6, 6.07) is 2.92. The number of hydrogen-bond donors (Lipinski definition) is 4. The molecule has 1 unspecified atom stereocenters. The van der Waals surface area contributed by atoms with Crippen LogP contribution in [0.15, 0.2) is 18.2 Å². The zero-order chi connectivity index (χ0) is 17.3. The number of phenols is 2. The lowest BCUT2D eigenvalue weighted by Gasteiger charge is -2.14. The Labute approximate surface area is 129 Å². The first-order valence-corrected chi connectivity index (χ1v) is 6.59. The number of hydrogen-bond acceptors (Lipinski definition) is 5. The van der Waals surface area contributed by atoms with Gasteiger partial charge in [-0.1, -0.05) is 6.07 Å². The zero-order valence-electron chi connectivity index (χ0n) is 13.2. The third kappa shape index (κ3) is 8.11. The van der Waals surface area contributed by atoms with Crippen LogP contribution in [0.25, 0.3) is 0 Å². The first-order valence-electron chi connectivity index (χ1n) is 6.59. The van der Waals surface area contributed by atoms with E-state index in [1.165, 1.54) is 18.2 Å². The summed E-state index contributed by atoms with van der Waals surface area (Å²) in [6.07, 6.45) is 0.334. The molecular weight excluding hydrogens is 290 g/mol. The van der Waals surface area contributed by atoms with Crippen LogP contribution in [0, 0.1) is 0 Å². The van der Waals surface area contributed by atoms with E-state index < -0.39 is 12.0 Å². The normalized spacial score (nSPS) is 11.8. The van der Waals surface area contributed by atoms with Gasteiger partial charge in [-0.3, -0.25) is 4.79 Å². The summed E-state index contributed by atoms with van der Waals surface area (Å²) in [5.74, 6) is -1.77. The minimum atomic E-state index is -1.17. The van der Waals surface area contributed by atoms with Crippen LogP contribution in [-0.2, 0) is 20.7 Å². The molecule has 1 amide bonds. The summed E-state index contributed by atoms with van der Waals surface area (Å²) in [4.78, 5) is 20.9. The maximum absolute atomic E-state index is 10.7. The second-order valence-corrected chi connectivity index (χ2v) is 5.52. The summed E-state index contributed by atoms with van der Waals surface area (Å²) in [5, 5.41) is 29.1. The van der Waals surface area contributed by atoms with Gasteiger partial charge in [0.25, 0.3) is 0 Å². The highest BCUT2D eigenvalue weighted by Crippen LogP contribution is 2.25. The number of carbonyl (C=O) groups excluding carboxylic acids is 1. The van der Waals surface area contributed by atoms with Crippen molar-refractivity contribution < 1.29 is 29.6 Å². The van der Waals surface area contributed by atoms with Crippen molar-refractivity contribution in [1.82, 2.24) is 5.32 Å². The number of aliphatic carboxylic acids is 1. The smallest absolute Gasteiger partial charge is 0.326 e. The van der Waals surface area contributed by atoms with Crippen LogP contribution in [0.3, 0.4) is 0 Å². The van der Waals surface area contributed by atoms with Gasteiger partial charge in [0.15, 0.2) is 11.5 Å². The lowest BCUT2D eigenvalue weighted by atomic mass is 10.1. The topological polar surface area (TPSA) is 116 Å². The van der Waals surface area contributed by atoms with Crippen LogP contribution >= 0.6 is 0 Å². The molecule has 0 aromatic heterocycles. The van der Waals surface area contributed by atoms with Gasteiger partial charge in [-0.25, -0.2) is 4.79 Å². The molecule has 1 aromatic rings. The van der Waals surface area contributed by atoms with Crippen molar-refractivity contribution in [2.45, 2.75) is 38.8 Å². The minimum absolute atomic E-state index is 0.0297. The van der Waals surface area contributed by atoms with Gasteiger partial charge >= 0.3 is 5.97 Å².